The molecule has 0 aliphatic rings. The predicted molar refractivity (Wildman–Crippen MR) is 70.0 cm³/mol. The van der Waals surface area contributed by atoms with E-state index in [1.165, 1.54) is 0 Å². The molecule has 0 fully saturated rings. The average molecular weight is 329 g/mol. The van der Waals surface area contributed by atoms with Crippen molar-refractivity contribution in [2.24, 2.45) is 0 Å². The summed E-state index contributed by atoms with van der Waals surface area (Å²) < 4.78 is 1.02. The van der Waals surface area contributed by atoms with E-state index in [1.807, 2.05) is 6.20 Å². The third-order valence-electron chi connectivity index (χ3n) is 2.18. The minimum Gasteiger partial charge on any atom is -0.347 e. The van der Waals surface area contributed by atoms with Crippen LogP contribution in [0.4, 0.5) is 5.95 Å². The number of hydrogen-bond acceptors (Lipinski definition) is 4. The largest absolute Gasteiger partial charge is 0.347 e. The van der Waals surface area contributed by atoms with Crippen LogP contribution >= 0.6 is 22.6 Å². The zero-order valence-electron chi connectivity index (χ0n) is 8.81. The van der Waals surface area contributed by atoms with Gasteiger partial charge < -0.3 is 10.3 Å². The van der Waals surface area contributed by atoms with Crippen LogP contribution in [-0.4, -0.2) is 19.9 Å². The molecule has 84 valence electrons. The molecule has 0 aliphatic carbocycles. The van der Waals surface area contributed by atoms with E-state index in [0.29, 0.717) is 5.95 Å². The lowest BCUT2D eigenvalue weighted by Crippen LogP contribution is -2.13. The molecule has 5 nitrogen and oxygen atoms in total. The topological polar surface area (TPSA) is 66.5 Å². The highest BCUT2D eigenvalue weighted by atomic mass is 127. The number of nitrogens with zero attached hydrogens (tertiary/aromatic N) is 3. The molecule has 6 heteroatoms. The van der Waals surface area contributed by atoms with Crippen molar-refractivity contribution in [3.05, 3.63) is 34.2 Å². The van der Waals surface area contributed by atoms with Crippen molar-refractivity contribution in [3.8, 4) is 0 Å². The predicted octanol–water partition coefficient (Wildman–Crippen LogP) is 2.37. The van der Waals surface area contributed by atoms with Gasteiger partial charge in [0.2, 0.25) is 5.95 Å². The molecule has 1 unspecified atom stereocenters. The van der Waals surface area contributed by atoms with Crippen molar-refractivity contribution >= 4 is 28.5 Å². The van der Waals surface area contributed by atoms with Gasteiger partial charge in [-0.25, -0.2) is 15.0 Å². The number of nitrogens with one attached hydrogen (secondary N) is 2. The van der Waals surface area contributed by atoms with E-state index in [9.17, 15) is 0 Å². The van der Waals surface area contributed by atoms with Crippen LogP contribution < -0.4 is 5.32 Å². The maximum absolute atomic E-state index is 4.23. The van der Waals surface area contributed by atoms with E-state index in [0.717, 1.165) is 15.8 Å². The minimum atomic E-state index is 0.120. The summed E-state index contributed by atoms with van der Waals surface area (Å²) in [6.07, 6.45) is 8.04. The lowest BCUT2D eigenvalue weighted by molar-refractivity contribution is 0.695. The summed E-state index contributed by atoms with van der Waals surface area (Å²) in [5, 5.41) is 3.24. The van der Waals surface area contributed by atoms with Gasteiger partial charge in [0.1, 0.15) is 5.82 Å². The van der Waals surface area contributed by atoms with Crippen LogP contribution in [0.2, 0.25) is 0 Å². The van der Waals surface area contributed by atoms with Crippen molar-refractivity contribution in [1.29, 1.82) is 0 Å². The van der Waals surface area contributed by atoms with Crippen LogP contribution in [0, 0.1) is 3.57 Å². The highest BCUT2D eigenvalue weighted by molar-refractivity contribution is 14.1. The molecule has 2 aromatic rings. The van der Waals surface area contributed by atoms with Crippen LogP contribution in [0.15, 0.2) is 24.8 Å². The molecule has 0 spiro atoms. The van der Waals surface area contributed by atoms with Gasteiger partial charge in [-0.05, 0) is 29.0 Å². The third kappa shape index (κ3) is 2.69. The Morgan fingerprint density at radius 3 is 2.69 bits per heavy atom. The van der Waals surface area contributed by atoms with E-state index >= 15 is 0 Å². The molecule has 0 saturated heterocycles. The fourth-order valence-corrected chi connectivity index (χ4v) is 1.65. The number of rotatable bonds is 4. The summed E-state index contributed by atoms with van der Waals surface area (Å²) >= 11 is 2.18. The molecule has 2 aromatic heterocycles. The average Bonchev–Trinajstić information content (AvgIpc) is 2.82. The molecule has 0 bridgehead atoms. The maximum Gasteiger partial charge on any atom is 0.223 e. The van der Waals surface area contributed by atoms with Crippen molar-refractivity contribution in [3.63, 3.8) is 0 Å². The number of hydrogen-bond donors (Lipinski definition) is 2. The fourth-order valence-electron chi connectivity index (χ4n) is 1.37. The summed E-state index contributed by atoms with van der Waals surface area (Å²) in [6.45, 7) is 2.09. The highest BCUT2D eigenvalue weighted by Gasteiger charge is 2.12. The maximum atomic E-state index is 4.23. The van der Waals surface area contributed by atoms with Gasteiger partial charge in [-0.1, -0.05) is 6.92 Å². The smallest absolute Gasteiger partial charge is 0.223 e. The van der Waals surface area contributed by atoms with Gasteiger partial charge in [0.05, 0.1) is 6.04 Å². The number of H-pyrrole nitrogens is 1. The van der Waals surface area contributed by atoms with Gasteiger partial charge in [0.15, 0.2) is 0 Å². The first kappa shape index (κ1) is 11.3. The number of aromatic nitrogens is 4. The van der Waals surface area contributed by atoms with E-state index in [-0.39, 0.29) is 6.04 Å². The van der Waals surface area contributed by atoms with Crippen molar-refractivity contribution in [1.82, 2.24) is 19.9 Å². The van der Waals surface area contributed by atoms with Gasteiger partial charge in [0.25, 0.3) is 0 Å². The molecule has 0 saturated carbocycles. The second-order valence-corrected chi connectivity index (χ2v) is 4.55. The Morgan fingerprint density at radius 1 is 1.38 bits per heavy atom. The Bertz CT molecular complexity index is 425. The Kier molecular flexibility index (Phi) is 3.70. The van der Waals surface area contributed by atoms with Crippen molar-refractivity contribution in [2.75, 3.05) is 5.32 Å². The highest BCUT2D eigenvalue weighted by Crippen LogP contribution is 2.16. The first-order chi connectivity index (χ1) is 7.79. The lowest BCUT2D eigenvalue weighted by atomic mass is 10.2. The SMILES string of the molecule is CCC(Nc1ncc(I)cn1)c1ncc[nH]1. The van der Waals surface area contributed by atoms with Crippen molar-refractivity contribution < 1.29 is 0 Å². The molecular formula is C10H12IN5. The Labute approximate surface area is 107 Å². The molecule has 2 rings (SSSR count). The van der Waals surface area contributed by atoms with E-state index < -0.39 is 0 Å². The molecular weight excluding hydrogens is 317 g/mol. The second-order valence-electron chi connectivity index (χ2n) is 3.30. The van der Waals surface area contributed by atoms with Gasteiger partial charge in [-0.15, -0.1) is 0 Å². The first-order valence-corrected chi connectivity index (χ1v) is 6.11. The third-order valence-corrected chi connectivity index (χ3v) is 2.74. The zero-order valence-corrected chi connectivity index (χ0v) is 11.0. The van der Waals surface area contributed by atoms with Gasteiger partial charge in [-0.2, -0.15) is 0 Å². The zero-order chi connectivity index (χ0) is 11.4. The number of imidazole rings is 1. The molecule has 0 radical (unpaired) electrons. The quantitative estimate of drug-likeness (QED) is 0.845. The Balaban J connectivity index is 2.10. The van der Waals surface area contributed by atoms with Gasteiger partial charge in [0, 0.05) is 28.4 Å². The first-order valence-electron chi connectivity index (χ1n) is 5.03. The second kappa shape index (κ2) is 5.24. The summed E-state index contributed by atoms with van der Waals surface area (Å²) in [4.78, 5) is 15.7. The molecule has 0 amide bonds. The standard InChI is InChI=1S/C10H12IN5/c1-2-8(9-12-3-4-13-9)16-10-14-5-7(11)6-15-10/h3-6,8H,2H2,1H3,(H,12,13)(H,14,15,16). The molecule has 2 heterocycles. The number of anilines is 1. The number of halogens is 1. The summed E-state index contributed by atoms with van der Waals surface area (Å²) in [5.74, 6) is 1.54. The molecule has 0 aliphatic heterocycles. The summed E-state index contributed by atoms with van der Waals surface area (Å²) in [5.41, 5.74) is 0. The van der Waals surface area contributed by atoms with Gasteiger partial charge >= 0.3 is 0 Å². The van der Waals surface area contributed by atoms with Crippen LogP contribution in [0.5, 0.6) is 0 Å². The summed E-state index contributed by atoms with van der Waals surface area (Å²) in [7, 11) is 0. The normalized spacial score (nSPS) is 12.4. The fraction of sp³-hybridized carbons (Fsp3) is 0.300. The molecule has 2 N–H and O–H groups in total. The lowest BCUT2D eigenvalue weighted by Gasteiger charge is -2.14. The molecule has 1 atom stereocenters. The van der Waals surface area contributed by atoms with Crippen LogP contribution in [0.3, 0.4) is 0 Å². The minimum absolute atomic E-state index is 0.120. The summed E-state index contributed by atoms with van der Waals surface area (Å²) in [6, 6.07) is 0.120. The van der Waals surface area contributed by atoms with E-state index in [2.05, 4.69) is 54.8 Å². The van der Waals surface area contributed by atoms with Gasteiger partial charge in [-0.3, -0.25) is 0 Å². The monoisotopic (exact) mass is 329 g/mol. The van der Waals surface area contributed by atoms with E-state index in [4.69, 9.17) is 0 Å². The van der Waals surface area contributed by atoms with E-state index in [1.54, 1.807) is 18.6 Å². The van der Waals surface area contributed by atoms with Crippen LogP contribution in [0.1, 0.15) is 25.2 Å². The number of aromatic amines is 1. The van der Waals surface area contributed by atoms with Crippen LogP contribution in [0.25, 0.3) is 0 Å². The van der Waals surface area contributed by atoms with Crippen molar-refractivity contribution in [2.45, 2.75) is 19.4 Å². The van der Waals surface area contributed by atoms with Crippen LogP contribution in [-0.2, 0) is 0 Å². The Hall–Kier alpha value is -1.18. The Morgan fingerprint density at radius 2 is 2.12 bits per heavy atom. The molecule has 16 heavy (non-hydrogen) atoms. The molecule has 0 aromatic carbocycles.